The number of anilines is 2. The molecule has 4 aromatic rings. The second-order valence-electron chi connectivity index (χ2n) is 13.7. The molecule has 4 aliphatic rings. The Morgan fingerprint density at radius 2 is 1.59 bits per heavy atom. The summed E-state index contributed by atoms with van der Waals surface area (Å²) >= 11 is 19.6. The zero-order chi connectivity index (χ0) is 38.2. The molecule has 3 fully saturated rings. The van der Waals surface area contributed by atoms with Gasteiger partial charge >= 0.3 is 0 Å². The predicted molar refractivity (Wildman–Crippen MR) is 199 cm³/mol. The number of aromatic hydroxyl groups is 1. The zero-order valence-electron chi connectivity index (χ0n) is 28.2. The molecule has 2 heterocycles. The highest BCUT2D eigenvalue weighted by molar-refractivity contribution is 6.36. The first-order chi connectivity index (χ1) is 25.9. The first-order valence-electron chi connectivity index (χ1n) is 16.9. The second kappa shape index (κ2) is 13.2. The number of hydrazine groups is 1. The molecule has 0 radical (unpaired) electrons. The van der Waals surface area contributed by atoms with E-state index in [9.17, 15) is 29.6 Å². The number of halogens is 3. The lowest BCUT2D eigenvalue weighted by Gasteiger charge is -2.50. The van der Waals surface area contributed by atoms with Crippen molar-refractivity contribution in [2.45, 2.75) is 24.2 Å². The van der Waals surface area contributed by atoms with E-state index in [0.717, 1.165) is 9.91 Å². The fraction of sp³-hybridized carbons (Fsp3) is 0.231. The fourth-order valence-electron chi connectivity index (χ4n) is 8.92. The van der Waals surface area contributed by atoms with Gasteiger partial charge in [-0.3, -0.25) is 39.6 Å². The van der Waals surface area contributed by atoms with Crippen LogP contribution in [0.5, 0.6) is 11.5 Å². The van der Waals surface area contributed by atoms with Gasteiger partial charge in [0.1, 0.15) is 11.5 Å². The molecular weight excluding hydrogens is 759 g/mol. The number of hydrogen-bond acceptors (Lipinski definition) is 9. The highest BCUT2D eigenvalue weighted by Gasteiger charge is 2.70. The summed E-state index contributed by atoms with van der Waals surface area (Å²) in [7, 11) is 1.51. The van der Waals surface area contributed by atoms with Crippen LogP contribution in [0.2, 0.25) is 15.1 Å². The monoisotopic (exact) mass is 786 g/mol. The third kappa shape index (κ3) is 5.26. The Hall–Kier alpha value is -5.43. The van der Waals surface area contributed by atoms with Crippen molar-refractivity contribution in [3.63, 3.8) is 0 Å². The molecule has 8 rings (SSSR count). The molecule has 2 aliphatic carbocycles. The fourth-order valence-corrected chi connectivity index (χ4v) is 9.65. The van der Waals surface area contributed by atoms with Crippen LogP contribution in [0.25, 0.3) is 0 Å². The van der Waals surface area contributed by atoms with Gasteiger partial charge in [0.2, 0.25) is 11.8 Å². The maximum absolute atomic E-state index is 15.3. The summed E-state index contributed by atoms with van der Waals surface area (Å²) in [5, 5.41) is 23.3. The lowest BCUT2D eigenvalue weighted by atomic mass is 9.49. The number of carbonyl (C=O) groups excluding carboxylic acids is 4. The standard InChI is InChI=1S/C39H29Cl3N4O8/c1-54-24-10-2-19(3-11-24)39-29(36(49)45(38(39)51)43-32-15-4-20(40)16-31(32)42)18-28-25(34(39)26-12-9-23(47)17-30(26)41)13-14-27-33(28)37(50)44(35(27)48)21-5-7-22(8-6-21)46(52)53/h2-13,15-17,27-29,33-34,43,47H,14,18H2,1H3/t27-,28+,29-,33-,34+,39+/m0/s1. The van der Waals surface area contributed by atoms with Crippen LogP contribution in [0.4, 0.5) is 17.1 Å². The largest absolute Gasteiger partial charge is 0.508 e. The van der Waals surface area contributed by atoms with Crippen LogP contribution in [-0.2, 0) is 24.6 Å². The lowest BCUT2D eigenvalue weighted by Crippen LogP contribution is -2.53. The summed E-state index contributed by atoms with van der Waals surface area (Å²) in [6.07, 6.45) is 2.02. The van der Waals surface area contributed by atoms with Crippen LogP contribution in [0.15, 0.2) is 96.6 Å². The van der Waals surface area contributed by atoms with E-state index in [0.29, 0.717) is 27.5 Å². The van der Waals surface area contributed by atoms with Gasteiger partial charge in [-0.05, 0) is 84.5 Å². The average molecular weight is 788 g/mol. The van der Waals surface area contributed by atoms with Gasteiger partial charge in [-0.1, -0.05) is 64.7 Å². The molecule has 4 aromatic carbocycles. The van der Waals surface area contributed by atoms with Crippen molar-refractivity contribution in [3.8, 4) is 11.5 Å². The van der Waals surface area contributed by atoms with E-state index in [1.54, 1.807) is 42.5 Å². The van der Waals surface area contributed by atoms with E-state index in [2.05, 4.69) is 5.43 Å². The number of fused-ring (bicyclic) bond motifs is 4. The normalized spacial score (nSPS) is 25.9. The van der Waals surface area contributed by atoms with Gasteiger partial charge < -0.3 is 9.84 Å². The molecule has 12 nitrogen and oxygen atoms in total. The molecule has 54 heavy (non-hydrogen) atoms. The summed E-state index contributed by atoms with van der Waals surface area (Å²) in [5.41, 5.74) is 3.10. The maximum Gasteiger partial charge on any atom is 0.269 e. The highest BCUT2D eigenvalue weighted by Crippen LogP contribution is 2.65. The summed E-state index contributed by atoms with van der Waals surface area (Å²) in [4.78, 5) is 70.5. The number of allylic oxidation sites excluding steroid dienone is 2. The number of hydrogen-bond donors (Lipinski definition) is 2. The van der Waals surface area contributed by atoms with Crippen LogP contribution in [0.3, 0.4) is 0 Å². The zero-order valence-corrected chi connectivity index (χ0v) is 30.5. The van der Waals surface area contributed by atoms with Crippen LogP contribution in [0.1, 0.15) is 29.9 Å². The highest BCUT2D eigenvalue weighted by atomic mass is 35.5. The minimum Gasteiger partial charge on any atom is -0.508 e. The lowest BCUT2D eigenvalue weighted by molar-refractivity contribution is -0.384. The topological polar surface area (TPSA) is 159 Å². The summed E-state index contributed by atoms with van der Waals surface area (Å²) in [6.45, 7) is 0. The van der Waals surface area contributed by atoms with Crippen LogP contribution in [-0.4, -0.2) is 45.8 Å². The Balaban J connectivity index is 1.31. The molecule has 2 saturated heterocycles. The molecule has 0 bridgehead atoms. The van der Waals surface area contributed by atoms with Gasteiger partial charge in [0.25, 0.3) is 17.5 Å². The number of carbonyl (C=O) groups is 4. The Kier molecular flexibility index (Phi) is 8.67. The molecule has 4 amide bonds. The molecule has 2 aliphatic heterocycles. The number of phenols is 1. The Morgan fingerprint density at radius 1 is 0.870 bits per heavy atom. The van der Waals surface area contributed by atoms with Crippen molar-refractivity contribution < 1.29 is 33.9 Å². The number of nitro benzene ring substituents is 1. The first-order valence-corrected chi connectivity index (χ1v) is 18.1. The van der Waals surface area contributed by atoms with Gasteiger partial charge in [0.05, 0.1) is 51.6 Å². The summed E-state index contributed by atoms with van der Waals surface area (Å²) in [5.74, 6) is -6.24. The number of nitro groups is 1. The second-order valence-corrected chi connectivity index (χ2v) is 15.0. The van der Waals surface area contributed by atoms with E-state index in [-0.39, 0.29) is 45.7 Å². The van der Waals surface area contributed by atoms with Crippen molar-refractivity contribution in [1.29, 1.82) is 0 Å². The minimum absolute atomic E-state index is 0.00938. The molecule has 0 aromatic heterocycles. The summed E-state index contributed by atoms with van der Waals surface area (Å²) < 4.78 is 5.43. The van der Waals surface area contributed by atoms with Crippen molar-refractivity contribution in [3.05, 3.63) is 133 Å². The number of ether oxygens (including phenoxy) is 1. The molecule has 15 heteroatoms. The van der Waals surface area contributed by atoms with Crippen molar-refractivity contribution in [1.82, 2.24) is 5.01 Å². The van der Waals surface area contributed by atoms with Gasteiger partial charge in [0.15, 0.2) is 0 Å². The number of methoxy groups -OCH3 is 1. The number of benzene rings is 4. The molecule has 6 atom stereocenters. The van der Waals surface area contributed by atoms with Crippen molar-refractivity contribution >= 4 is 75.5 Å². The van der Waals surface area contributed by atoms with Crippen molar-refractivity contribution in [2.24, 2.45) is 23.7 Å². The number of nitrogens with zero attached hydrogens (tertiary/aromatic N) is 3. The molecule has 2 N–H and O–H groups in total. The third-order valence-corrected chi connectivity index (χ3v) is 12.1. The van der Waals surface area contributed by atoms with Crippen LogP contribution in [0, 0.1) is 33.8 Å². The molecular formula is C39H29Cl3N4O8. The van der Waals surface area contributed by atoms with E-state index in [1.165, 1.54) is 49.6 Å². The average Bonchev–Trinajstić information content (AvgIpc) is 3.53. The smallest absolute Gasteiger partial charge is 0.269 e. The first kappa shape index (κ1) is 35.6. The van der Waals surface area contributed by atoms with Crippen LogP contribution < -0.4 is 15.1 Å². The number of amides is 4. The molecule has 0 unspecified atom stereocenters. The van der Waals surface area contributed by atoms with E-state index in [1.807, 2.05) is 6.08 Å². The number of nitrogens with one attached hydrogen (secondary N) is 1. The molecule has 274 valence electrons. The quantitative estimate of drug-likeness (QED) is 0.0839. The Labute approximate surface area is 323 Å². The Morgan fingerprint density at radius 3 is 2.24 bits per heavy atom. The van der Waals surface area contributed by atoms with Crippen LogP contribution >= 0.6 is 34.8 Å². The SMILES string of the molecule is COc1ccc([C@@]23C(=O)N(Nc4ccc(Cl)cc4Cl)C(=O)[C@@H]2C[C@@H]2C(=CC[C@@H]4C(=O)N(c5ccc([N+](=O)[O-])cc5)C(=O)[C@@H]42)[C@@H]3c2ccc(O)cc2Cl)cc1. The number of phenolic OH excluding ortho intramolecular Hbond substituents is 1. The van der Waals surface area contributed by atoms with Gasteiger partial charge in [-0.15, -0.1) is 0 Å². The predicted octanol–water partition coefficient (Wildman–Crippen LogP) is 7.46. The van der Waals surface area contributed by atoms with Crippen molar-refractivity contribution in [2.75, 3.05) is 17.4 Å². The number of rotatable bonds is 7. The van der Waals surface area contributed by atoms with Gasteiger partial charge in [-0.2, -0.15) is 5.01 Å². The molecule has 0 spiro atoms. The number of imide groups is 2. The third-order valence-electron chi connectivity index (χ3n) is 11.2. The minimum atomic E-state index is -1.64. The van der Waals surface area contributed by atoms with E-state index < -0.39 is 63.6 Å². The Bertz CT molecular complexity index is 2320. The van der Waals surface area contributed by atoms with E-state index >= 15 is 4.79 Å². The summed E-state index contributed by atoms with van der Waals surface area (Å²) in [6, 6.07) is 21.0. The van der Waals surface area contributed by atoms with Gasteiger partial charge in [0, 0.05) is 28.1 Å². The number of non-ortho nitro benzene ring substituents is 1. The van der Waals surface area contributed by atoms with Gasteiger partial charge in [-0.25, -0.2) is 0 Å². The molecule has 1 saturated carbocycles. The maximum atomic E-state index is 15.3. The van der Waals surface area contributed by atoms with E-state index in [4.69, 9.17) is 39.5 Å².